The molecule has 0 radical (unpaired) electrons. The van der Waals surface area contributed by atoms with Gasteiger partial charge in [-0.25, -0.2) is 4.39 Å². The number of hydrogen-bond acceptors (Lipinski definition) is 5. The molecule has 0 aliphatic carbocycles. The highest BCUT2D eigenvalue weighted by molar-refractivity contribution is 7.11. The minimum Gasteiger partial charge on any atom is -0.461 e. The summed E-state index contributed by atoms with van der Waals surface area (Å²) >= 11 is 3.01. The van der Waals surface area contributed by atoms with Crippen LogP contribution in [0.25, 0.3) is 0 Å². The molecule has 1 N–H and O–H groups in total. The van der Waals surface area contributed by atoms with Gasteiger partial charge in [0.25, 0.3) is 0 Å². The van der Waals surface area contributed by atoms with Crippen molar-refractivity contribution in [3.05, 3.63) is 104 Å². The van der Waals surface area contributed by atoms with Crippen LogP contribution in [0.15, 0.2) is 75.8 Å². The molecule has 0 atom stereocenters. The van der Waals surface area contributed by atoms with Gasteiger partial charge >= 0.3 is 0 Å². The van der Waals surface area contributed by atoms with Crippen LogP contribution in [0.4, 0.5) is 4.39 Å². The Kier molecular flexibility index (Phi) is 6.20. The second kappa shape index (κ2) is 8.86. The molecule has 0 saturated heterocycles. The largest absolute Gasteiger partial charge is 0.461 e. The van der Waals surface area contributed by atoms with Crippen molar-refractivity contribution < 1.29 is 13.9 Å². The Hall–Kier alpha value is -2.25. The fourth-order valence-electron chi connectivity index (χ4n) is 3.48. The van der Waals surface area contributed by atoms with Crippen LogP contribution in [-0.4, -0.2) is 16.0 Å². The van der Waals surface area contributed by atoms with Crippen LogP contribution in [0.2, 0.25) is 0 Å². The van der Waals surface area contributed by atoms with E-state index in [0.717, 1.165) is 21.1 Å². The highest BCUT2D eigenvalue weighted by Crippen LogP contribution is 2.41. The fourth-order valence-corrected chi connectivity index (χ4v) is 5.23. The van der Waals surface area contributed by atoms with Gasteiger partial charge < -0.3 is 9.52 Å². The Labute approximate surface area is 184 Å². The monoisotopic (exact) mass is 441 g/mol. The molecule has 0 amide bonds. The summed E-state index contributed by atoms with van der Waals surface area (Å²) in [6.45, 7) is 5.40. The van der Waals surface area contributed by atoms with Crippen LogP contribution in [-0.2, 0) is 18.7 Å². The van der Waals surface area contributed by atoms with E-state index < -0.39 is 5.60 Å². The molecule has 0 saturated carbocycles. The summed E-state index contributed by atoms with van der Waals surface area (Å²) in [6, 6.07) is 18.4. The first kappa shape index (κ1) is 21.0. The summed E-state index contributed by atoms with van der Waals surface area (Å²) in [4.78, 5) is 3.87. The first-order chi connectivity index (χ1) is 14.5. The Morgan fingerprint density at radius 3 is 2.23 bits per heavy atom. The summed E-state index contributed by atoms with van der Waals surface area (Å²) in [5, 5.41) is 15.6. The summed E-state index contributed by atoms with van der Waals surface area (Å²) < 4.78 is 19.8. The third kappa shape index (κ3) is 4.27. The predicted octanol–water partition coefficient (Wildman–Crippen LogP) is 6.24. The van der Waals surface area contributed by atoms with E-state index >= 15 is 0 Å². The van der Waals surface area contributed by atoms with Crippen molar-refractivity contribution in [2.75, 3.05) is 0 Å². The minimum absolute atomic E-state index is 0.228. The maximum atomic E-state index is 13.6. The number of nitrogens with zero attached hydrogens (tertiary/aromatic N) is 1. The molecule has 4 rings (SSSR count). The first-order valence-electron chi connectivity index (χ1n) is 9.85. The molecule has 0 aliphatic heterocycles. The molecule has 0 bridgehead atoms. The number of thiophene rings is 2. The van der Waals surface area contributed by atoms with E-state index in [1.807, 2.05) is 53.2 Å². The molecular formula is C24H24FNO2S2. The fraction of sp³-hybridized carbons (Fsp3) is 0.250. The molecule has 30 heavy (non-hydrogen) atoms. The normalized spacial score (nSPS) is 12.2. The van der Waals surface area contributed by atoms with Gasteiger partial charge in [-0.2, -0.15) is 0 Å². The lowest BCUT2D eigenvalue weighted by Crippen LogP contribution is -2.30. The Bertz CT molecular complexity index is 1040. The van der Waals surface area contributed by atoms with Gasteiger partial charge in [0.2, 0.25) is 0 Å². The quantitative estimate of drug-likeness (QED) is 0.352. The molecule has 0 spiro atoms. The highest BCUT2D eigenvalue weighted by Gasteiger charge is 2.39. The smallest absolute Gasteiger partial charge is 0.191 e. The standard InChI is InChI=1S/C24H24FNO2S2/c1-17(2)26(15-18-6-3-7-19(25)14-18)16-20-10-11-21(28-20)24(27,22-8-4-12-29-22)23-9-5-13-30-23/h3-14,17,27H,15-16H2,1-2H3. The van der Waals surface area contributed by atoms with Gasteiger partial charge in [0, 0.05) is 22.3 Å². The van der Waals surface area contributed by atoms with Gasteiger partial charge in [-0.15, -0.1) is 22.7 Å². The molecule has 0 aliphatic rings. The number of rotatable bonds is 8. The molecular weight excluding hydrogens is 417 g/mol. The van der Waals surface area contributed by atoms with Crippen LogP contribution in [0.1, 0.15) is 40.7 Å². The molecule has 3 nitrogen and oxygen atoms in total. The maximum absolute atomic E-state index is 13.6. The zero-order valence-electron chi connectivity index (χ0n) is 16.9. The Morgan fingerprint density at radius 1 is 0.967 bits per heavy atom. The zero-order valence-corrected chi connectivity index (χ0v) is 18.5. The summed E-state index contributed by atoms with van der Waals surface area (Å²) in [7, 11) is 0. The lowest BCUT2D eigenvalue weighted by molar-refractivity contribution is 0.101. The van der Waals surface area contributed by atoms with Crippen LogP contribution in [0, 0.1) is 5.82 Å². The number of furan rings is 1. The maximum Gasteiger partial charge on any atom is 0.191 e. The van der Waals surface area contributed by atoms with Crippen LogP contribution < -0.4 is 0 Å². The van der Waals surface area contributed by atoms with Crippen LogP contribution in [0.5, 0.6) is 0 Å². The third-order valence-corrected chi connectivity index (χ3v) is 7.09. The van der Waals surface area contributed by atoms with Gasteiger partial charge in [-0.05, 0) is 66.6 Å². The van der Waals surface area contributed by atoms with Crippen molar-refractivity contribution >= 4 is 22.7 Å². The van der Waals surface area contributed by atoms with Gasteiger partial charge in [0.05, 0.1) is 6.54 Å². The second-order valence-corrected chi connectivity index (χ2v) is 9.46. The van der Waals surface area contributed by atoms with E-state index in [1.165, 1.54) is 28.7 Å². The van der Waals surface area contributed by atoms with Crippen molar-refractivity contribution in [2.24, 2.45) is 0 Å². The minimum atomic E-state index is -1.30. The van der Waals surface area contributed by atoms with Gasteiger partial charge in [-0.1, -0.05) is 24.3 Å². The second-order valence-electron chi connectivity index (χ2n) is 7.56. The highest BCUT2D eigenvalue weighted by atomic mass is 32.1. The van der Waals surface area contributed by atoms with Crippen molar-refractivity contribution in [3.8, 4) is 0 Å². The van der Waals surface area contributed by atoms with Crippen LogP contribution in [0.3, 0.4) is 0 Å². The van der Waals surface area contributed by atoms with Crippen LogP contribution >= 0.6 is 22.7 Å². The van der Waals surface area contributed by atoms with Crippen molar-refractivity contribution in [1.29, 1.82) is 0 Å². The molecule has 4 aromatic rings. The SMILES string of the molecule is CC(C)N(Cc1cccc(F)c1)Cc1ccc(C(O)(c2cccs2)c2cccs2)o1. The number of aliphatic hydroxyl groups is 1. The van der Waals surface area contributed by atoms with E-state index in [4.69, 9.17) is 4.42 Å². The number of halogens is 1. The zero-order chi connectivity index (χ0) is 21.1. The number of benzene rings is 1. The third-order valence-electron chi connectivity index (χ3n) is 5.14. The summed E-state index contributed by atoms with van der Waals surface area (Å²) in [5.74, 6) is 1.05. The molecule has 6 heteroatoms. The van der Waals surface area contributed by atoms with E-state index in [1.54, 1.807) is 12.1 Å². The first-order valence-corrected chi connectivity index (χ1v) is 11.6. The van der Waals surface area contributed by atoms with E-state index in [0.29, 0.717) is 18.8 Å². The summed E-state index contributed by atoms with van der Waals surface area (Å²) in [6.07, 6.45) is 0. The van der Waals surface area contributed by atoms with E-state index in [9.17, 15) is 9.50 Å². The van der Waals surface area contributed by atoms with Crippen molar-refractivity contribution in [2.45, 2.75) is 38.6 Å². The number of hydrogen-bond donors (Lipinski definition) is 1. The van der Waals surface area contributed by atoms with E-state index in [-0.39, 0.29) is 11.9 Å². The molecule has 0 fully saturated rings. The molecule has 1 aromatic carbocycles. The average molecular weight is 442 g/mol. The van der Waals surface area contributed by atoms with Gasteiger partial charge in [-0.3, -0.25) is 4.90 Å². The molecule has 0 unspecified atom stereocenters. The van der Waals surface area contributed by atoms with Gasteiger partial charge in [0.1, 0.15) is 17.3 Å². The van der Waals surface area contributed by atoms with Crippen molar-refractivity contribution in [1.82, 2.24) is 4.90 Å². The predicted molar refractivity (Wildman–Crippen MR) is 120 cm³/mol. The Balaban J connectivity index is 1.60. The average Bonchev–Trinajstić information content (AvgIpc) is 3.49. The topological polar surface area (TPSA) is 36.6 Å². The Morgan fingerprint density at radius 2 is 1.67 bits per heavy atom. The summed E-state index contributed by atoms with van der Waals surface area (Å²) in [5.41, 5.74) is -0.379. The lowest BCUT2D eigenvalue weighted by Gasteiger charge is -2.26. The molecule has 156 valence electrons. The lowest BCUT2D eigenvalue weighted by atomic mass is 9.97. The van der Waals surface area contributed by atoms with Gasteiger partial charge in [0.15, 0.2) is 5.60 Å². The van der Waals surface area contributed by atoms with Crippen molar-refractivity contribution in [3.63, 3.8) is 0 Å². The van der Waals surface area contributed by atoms with E-state index in [2.05, 4.69) is 18.7 Å². The molecule has 3 heterocycles. The molecule has 3 aromatic heterocycles.